The van der Waals surface area contributed by atoms with E-state index in [0.29, 0.717) is 39.1 Å². The Labute approximate surface area is 179 Å². The van der Waals surface area contributed by atoms with E-state index in [1.807, 2.05) is 24.3 Å². The third kappa shape index (κ3) is 4.83. The Morgan fingerprint density at radius 3 is 2.30 bits per heavy atom. The van der Waals surface area contributed by atoms with E-state index in [2.05, 4.69) is 5.32 Å². The summed E-state index contributed by atoms with van der Waals surface area (Å²) in [6, 6.07) is 20.8. The minimum Gasteiger partial charge on any atom is -0.495 e. The smallest absolute Gasteiger partial charge is 0.270 e. The number of rotatable bonds is 7. The summed E-state index contributed by atoms with van der Waals surface area (Å²) in [4.78, 5) is 13.1. The van der Waals surface area contributed by atoms with E-state index >= 15 is 0 Å². The van der Waals surface area contributed by atoms with Crippen molar-refractivity contribution in [2.75, 3.05) is 19.5 Å². The van der Waals surface area contributed by atoms with E-state index in [1.165, 1.54) is 14.2 Å². The molecule has 0 aliphatic carbocycles. The van der Waals surface area contributed by atoms with Gasteiger partial charge in [-0.2, -0.15) is 5.26 Å². The fourth-order valence-corrected chi connectivity index (χ4v) is 3.07. The van der Waals surface area contributed by atoms with Crippen LogP contribution in [0.5, 0.6) is 17.2 Å². The summed E-state index contributed by atoms with van der Waals surface area (Å²) in [7, 11) is 2.99. The number of anilines is 1. The summed E-state index contributed by atoms with van der Waals surface area (Å²) in [6.45, 7) is 0. The fraction of sp³-hybridized carbons (Fsp3) is 0.130. The van der Waals surface area contributed by atoms with Crippen LogP contribution in [0.25, 0.3) is 0 Å². The molecule has 3 aromatic carbocycles. The average molecular weight is 423 g/mol. The van der Waals surface area contributed by atoms with E-state index in [9.17, 15) is 4.79 Å². The summed E-state index contributed by atoms with van der Waals surface area (Å²) >= 11 is 6.16. The monoisotopic (exact) mass is 422 g/mol. The van der Waals surface area contributed by atoms with Crippen LogP contribution < -0.4 is 19.5 Å². The van der Waals surface area contributed by atoms with Crippen LogP contribution >= 0.6 is 11.6 Å². The third-order valence-electron chi connectivity index (χ3n) is 4.30. The molecular formula is C23H19ClN2O4. The fourth-order valence-electron chi connectivity index (χ4n) is 2.81. The molecule has 0 bridgehead atoms. The van der Waals surface area contributed by atoms with Gasteiger partial charge < -0.3 is 19.5 Å². The number of nitrogens with one attached hydrogen (secondary N) is 1. The van der Waals surface area contributed by atoms with Crippen molar-refractivity contribution in [1.29, 1.82) is 5.26 Å². The van der Waals surface area contributed by atoms with Crippen LogP contribution in [0.2, 0.25) is 5.02 Å². The van der Waals surface area contributed by atoms with Crippen molar-refractivity contribution in [3.8, 4) is 23.3 Å². The molecule has 7 heteroatoms. The van der Waals surface area contributed by atoms with Gasteiger partial charge in [0.1, 0.15) is 5.75 Å². The van der Waals surface area contributed by atoms with Crippen molar-refractivity contribution in [3.05, 3.63) is 82.9 Å². The number of methoxy groups -OCH3 is 2. The van der Waals surface area contributed by atoms with Gasteiger partial charge in [0.15, 0.2) is 11.5 Å². The molecule has 0 aliphatic rings. The molecule has 0 unspecified atom stereocenters. The number of hydrogen-bond acceptors (Lipinski definition) is 5. The lowest BCUT2D eigenvalue weighted by atomic mass is 10.1. The summed E-state index contributed by atoms with van der Waals surface area (Å²) in [5, 5.41) is 12.3. The highest BCUT2D eigenvalue weighted by Crippen LogP contribution is 2.33. The maximum absolute atomic E-state index is 13.1. The van der Waals surface area contributed by atoms with Gasteiger partial charge in [-0.15, -0.1) is 0 Å². The second-order valence-corrected chi connectivity index (χ2v) is 6.63. The van der Waals surface area contributed by atoms with Gasteiger partial charge in [-0.25, -0.2) is 0 Å². The molecule has 6 nitrogen and oxygen atoms in total. The van der Waals surface area contributed by atoms with Crippen molar-refractivity contribution in [3.63, 3.8) is 0 Å². The van der Waals surface area contributed by atoms with Crippen LogP contribution in [0.3, 0.4) is 0 Å². The van der Waals surface area contributed by atoms with Gasteiger partial charge in [-0.05, 0) is 30.3 Å². The van der Waals surface area contributed by atoms with Crippen molar-refractivity contribution in [2.24, 2.45) is 0 Å². The molecule has 0 heterocycles. The van der Waals surface area contributed by atoms with Crippen LogP contribution in [0, 0.1) is 11.3 Å². The molecule has 30 heavy (non-hydrogen) atoms. The van der Waals surface area contributed by atoms with E-state index < -0.39 is 12.0 Å². The standard InChI is InChI=1S/C23H19ClN2O4/c1-28-19-11-9-17(13-18(19)24)26-23(27)22(16-6-4-3-5-7-16)30-20-10-8-15(14-25)12-21(20)29-2/h3-13,22H,1-2H3,(H,26,27)/t22-/m1/s1. The van der Waals surface area contributed by atoms with Gasteiger partial charge in [-0.3, -0.25) is 4.79 Å². The van der Waals surface area contributed by atoms with Crippen LogP contribution in [-0.4, -0.2) is 20.1 Å². The maximum atomic E-state index is 13.1. The molecule has 1 amide bonds. The first kappa shape index (κ1) is 21.0. The molecule has 152 valence electrons. The van der Waals surface area contributed by atoms with E-state index in [1.54, 1.807) is 48.5 Å². The summed E-state index contributed by atoms with van der Waals surface area (Å²) in [6.07, 6.45) is -0.964. The molecule has 0 aliphatic heterocycles. The largest absolute Gasteiger partial charge is 0.495 e. The molecular weight excluding hydrogens is 404 g/mol. The zero-order chi connectivity index (χ0) is 21.5. The number of nitriles is 1. The lowest BCUT2D eigenvalue weighted by molar-refractivity contribution is -0.123. The summed E-state index contributed by atoms with van der Waals surface area (Å²) in [5.74, 6) is 0.810. The normalized spacial score (nSPS) is 11.1. The third-order valence-corrected chi connectivity index (χ3v) is 4.59. The number of benzene rings is 3. The Morgan fingerprint density at radius 1 is 0.967 bits per heavy atom. The molecule has 3 aromatic rings. The molecule has 0 saturated heterocycles. The molecule has 0 saturated carbocycles. The zero-order valence-electron chi connectivity index (χ0n) is 16.4. The summed E-state index contributed by atoms with van der Waals surface area (Å²) in [5.41, 5.74) is 1.58. The second kappa shape index (κ2) is 9.68. The lowest BCUT2D eigenvalue weighted by Gasteiger charge is -2.21. The van der Waals surface area contributed by atoms with Crippen molar-refractivity contribution >= 4 is 23.2 Å². The van der Waals surface area contributed by atoms with Crippen LogP contribution in [0.15, 0.2) is 66.7 Å². The predicted octanol–water partition coefficient (Wildman–Crippen LogP) is 4.99. The van der Waals surface area contributed by atoms with E-state index in [4.69, 9.17) is 31.1 Å². The predicted molar refractivity (Wildman–Crippen MR) is 114 cm³/mol. The molecule has 3 rings (SSSR count). The van der Waals surface area contributed by atoms with Crippen molar-refractivity contribution in [1.82, 2.24) is 0 Å². The molecule has 0 fully saturated rings. The topological polar surface area (TPSA) is 80.6 Å². The highest BCUT2D eigenvalue weighted by Gasteiger charge is 2.24. The number of carbonyl (C=O) groups is 1. The van der Waals surface area contributed by atoms with Crippen molar-refractivity contribution < 1.29 is 19.0 Å². The Balaban J connectivity index is 1.91. The highest BCUT2D eigenvalue weighted by atomic mass is 35.5. The quantitative estimate of drug-likeness (QED) is 0.580. The second-order valence-electron chi connectivity index (χ2n) is 6.22. The molecule has 0 radical (unpaired) electrons. The number of amides is 1. The average Bonchev–Trinajstić information content (AvgIpc) is 2.78. The number of carbonyl (C=O) groups excluding carboxylic acids is 1. The molecule has 1 N–H and O–H groups in total. The van der Waals surface area contributed by atoms with E-state index in [-0.39, 0.29) is 0 Å². The van der Waals surface area contributed by atoms with Gasteiger partial charge in [0, 0.05) is 17.3 Å². The van der Waals surface area contributed by atoms with Crippen molar-refractivity contribution in [2.45, 2.75) is 6.10 Å². The Hall–Kier alpha value is -3.69. The van der Waals surface area contributed by atoms with Crippen LogP contribution in [0.1, 0.15) is 17.2 Å². The van der Waals surface area contributed by atoms with Crippen LogP contribution in [0.4, 0.5) is 5.69 Å². The van der Waals surface area contributed by atoms with Crippen LogP contribution in [-0.2, 0) is 4.79 Å². The molecule has 1 atom stereocenters. The minimum absolute atomic E-state index is 0.341. The maximum Gasteiger partial charge on any atom is 0.270 e. The Bertz CT molecular complexity index is 1080. The van der Waals surface area contributed by atoms with Gasteiger partial charge in [0.05, 0.1) is 30.9 Å². The molecule has 0 aromatic heterocycles. The highest BCUT2D eigenvalue weighted by molar-refractivity contribution is 6.32. The van der Waals surface area contributed by atoms with Gasteiger partial charge >= 0.3 is 0 Å². The van der Waals surface area contributed by atoms with Gasteiger partial charge in [0.2, 0.25) is 6.10 Å². The van der Waals surface area contributed by atoms with Gasteiger partial charge in [0.25, 0.3) is 5.91 Å². The van der Waals surface area contributed by atoms with Gasteiger partial charge in [-0.1, -0.05) is 41.9 Å². The number of hydrogen-bond donors (Lipinski definition) is 1. The summed E-state index contributed by atoms with van der Waals surface area (Å²) < 4.78 is 16.5. The number of halogens is 1. The SMILES string of the molecule is COc1ccc(NC(=O)[C@H](Oc2ccc(C#N)cc2OC)c2ccccc2)cc1Cl. The number of nitrogens with zero attached hydrogens (tertiary/aromatic N) is 1. The lowest BCUT2D eigenvalue weighted by Crippen LogP contribution is -2.25. The first-order chi connectivity index (χ1) is 14.5. The van der Waals surface area contributed by atoms with E-state index in [0.717, 1.165) is 0 Å². The Morgan fingerprint density at radius 2 is 1.67 bits per heavy atom. The number of ether oxygens (including phenoxy) is 3. The zero-order valence-corrected chi connectivity index (χ0v) is 17.1. The first-order valence-electron chi connectivity index (χ1n) is 9.00. The minimum atomic E-state index is -0.964. The molecule has 0 spiro atoms. The first-order valence-corrected chi connectivity index (χ1v) is 9.37. The Kier molecular flexibility index (Phi) is 6.79.